The van der Waals surface area contributed by atoms with E-state index < -0.39 is 5.41 Å². The fourth-order valence-corrected chi connectivity index (χ4v) is 3.88. The van der Waals surface area contributed by atoms with Crippen LogP contribution in [0.25, 0.3) is 0 Å². The summed E-state index contributed by atoms with van der Waals surface area (Å²) in [4.78, 5) is 35.5. The van der Waals surface area contributed by atoms with Crippen molar-refractivity contribution in [3.63, 3.8) is 0 Å². The molecule has 4 atom stereocenters. The molecule has 2 fully saturated rings. The number of rotatable bonds is 2. The van der Waals surface area contributed by atoms with Gasteiger partial charge in [-0.3, -0.25) is 14.4 Å². The summed E-state index contributed by atoms with van der Waals surface area (Å²) in [6, 6.07) is 0. The second-order valence-corrected chi connectivity index (χ2v) is 6.60. The van der Waals surface area contributed by atoms with Crippen LogP contribution in [-0.2, 0) is 23.9 Å². The summed E-state index contributed by atoms with van der Waals surface area (Å²) in [5, 5.41) is 0. The van der Waals surface area contributed by atoms with Crippen molar-refractivity contribution in [2.45, 2.75) is 39.7 Å². The summed E-state index contributed by atoms with van der Waals surface area (Å²) in [5.41, 5.74) is 0.958. The Hall–Kier alpha value is -1.91. The molecule has 0 spiro atoms. The first-order valence-electron chi connectivity index (χ1n) is 7.64. The molecule has 0 unspecified atom stereocenters. The maximum Gasteiger partial charge on any atom is 0.309 e. The van der Waals surface area contributed by atoms with Gasteiger partial charge in [-0.25, -0.2) is 0 Å². The van der Waals surface area contributed by atoms with E-state index in [0.717, 1.165) is 17.6 Å². The number of carbonyl (C=O) groups is 3. The number of carbonyl (C=O) groups excluding carboxylic acids is 3. The summed E-state index contributed by atoms with van der Waals surface area (Å²) in [6.07, 6.45) is 4.35. The summed E-state index contributed by atoms with van der Waals surface area (Å²) >= 11 is 0. The molecule has 3 aliphatic rings. The van der Waals surface area contributed by atoms with E-state index >= 15 is 0 Å². The third-order valence-corrected chi connectivity index (χ3v) is 5.26. The molecule has 22 heavy (non-hydrogen) atoms. The largest absolute Gasteiger partial charge is 0.461 e. The van der Waals surface area contributed by atoms with Crippen LogP contribution in [0.5, 0.6) is 0 Å². The molecular weight excluding hydrogens is 284 g/mol. The van der Waals surface area contributed by atoms with E-state index in [1.807, 2.05) is 13.8 Å². The van der Waals surface area contributed by atoms with Crippen LogP contribution in [0.1, 0.15) is 33.6 Å². The SMILES string of the molecule is CC(=O)OCC1=C2[C@H]3OC(=O)[C@@H](C)[C@@H]3CC[C@@]2(C)C(=O)C=C1. The zero-order valence-corrected chi connectivity index (χ0v) is 13.0. The second kappa shape index (κ2) is 5.07. The van der Waals surface area contributed by atoms with Crippen LogP contribution in [0, 0.1) is 17.3 Å². The van der Waals surface area contributed by atoms with Gasteiger partial charge in [0.25, 0.3) is 0 Å². The molecule has 0 aromatic rings. The number of fused-ring (bicyclic) bond motifs is 3. The molecule has 0 bridgehead atoms. The summed E-state index contributed by atoms with van der Waals surface area (Å²) in [5.74, 6) is -0.604. The van der Waals surface area contributed by atoms with Crippen molar-refractivity contribution in [3.8, 4) is 0 Å². The van der Waals surface area contributed by atoms with E-state index in [9.17, 15) is 14.4 Å². The Morgan fingerprint density at radius 3 is 2.82 bits per heavy atom. The van der Waals surface area contributed by atoms with Crippen LogP contribution in [0.15, 0.2) is 23.3 Å². The van der Waals surface area contributed by atoms with Crippen molar-refractivity contribution >= 4 is 17.7 Å². The summed E-state index contributed by atoms with van der Waals surface area (Å²) < 4.78 is 10.7. The van der Waals surface area contributed by atoms with Crippen molar-refractivity contribution < 1.29 is 23.9 Å². The van der Waals surface area contributed by atoms with E-state index in [-0.39, 0.29) is 42.3 Å². The molecule has 5 nitrogen and oxygen atoms in total. The van der Waals surface area contributed by atoms with Crippen molar-refractivity contribution in [1.82, 2.24) is 0 Å². The van der Waals surface area contributed by atoms with E-state index in [1.54, 1.807) is 12.2 Å². The number of esters is 2. The molecule has 1 heterocycles. The maximum atomic E-state index is 12.4. The topological polar surface area (TPSA) is 69.7 Å². The first-order valence-corrected chi connectivity index (χ1v) is 7.64. The minimum atomic E-state index is -0.657. The van der Waals surface area contributed by atoms with Gasteiger partial charge in [-0.05, 0) is 37.0 Å². The molecule has 1 saturated heterocycles. The van der Waals surface area contributed by atoms with Crippen LogP contribution in [0.2, 0.25) is 0 Å². The fourth-order valence-electron chi connectivity index (χ4n) is 3.88. The number of allylic oxidation sites excluding steroid dienone is 1. The molecule has 1 aliphatic heterocycles. The molecule has 0 aromatic carbocycles. The minimum Gasteiger partial charge on any atom is -0.461 e. The quantitative estimate of drug-likeness (QED) is 0.729. The highest BCUT2D eigenvalue weighted by atomic mass is 16.6. The smallest absolute Gasteiger partial charge is 0.309 e. The van der Waals surface area contributed by atoms with Crippen molar-refractivity contribution in [2.24, 2.45) is 17.3 Å². The molecule has 0 amide bonds. The molecular formula is C17H20O5. The van der Waals surface area contributed by atoms with Gasteiger partial charge >= 0.3 is 11.9 Å². The number of hydrogen-bond donors (Lipinski definition) is 0. The van der Waals surface area contributed by atoms with E-state index in [0.29, 0.717) is 6.42 Å². The molecule has 0 aromatic heterocycles. The van der Waals surface area contributed by atoms with Crippen molar-refractivity contribution in [2.75, 3.05) is 6.61 Å². The highest BCUT2D eigenvalue weighted by molar-refractivity contribution is 5.99. The fraction of sp³-hybridized carbons (Fsp3) is 0.588. The first kappa shape index (κ1) is 15.0. The summed E-state index contributed by atoms with van der Waals surface area (Å²) in [6.45, 7) is 5.24. The van der Waals surface area contributed by atoms with E-state index in [2.05, 4.69) is 0 Å². The lowest BCUT2D eigenvalue weighted by Gasteiger charge is -2.43. The molecule has 0 N–H and O–H groups in total. The average Bonchev–Trinajstić information content (AvgIpc) is 2.74. The highest BCUT2D eigenvalue weighted by Gasteiger charge is 2.55. The normalized spacial score (nSPS) is 36.8. The Balaban J connectivity index is 2.04. The van der Waals surface area contributed by atoms with Crippen LogP contribution in [0.4, 0.5) is 0 Å². The lowest BCUT2D eigenvalue weighted by Crippen LogP contribution is -2.44. The second-order valence-electron chi connectivity index (χ2n) is 6.60. The third kappa shape index (κ3) is 2.11. The van der Waals surface area contributed by atoms with Gasteiger partial charge < -0.3 is 9.47 Å². The van der Waals surface area contributed by atoms with Gasteiger partial charge in [-0.2, -0.15) is 0 Å². The lowest BCUT2D eigenvalue weighted by atomic mass is 9.60. The number of ketones is 1. The highest BCUT2D eigenvalue weighted by Crippen LogP contribution is 2.52. The maximum absolute atomic E-state index is 12.4. The van der Waals surface area contributed by atoms with Crippen LogP contribution in [-0.4, -0.2) is 30.4 Å². The molecule has 0 radical (unpaired) electrons. The Labute approximate surface area is 129 Å². The monoisotopic (exact) mass is 304 g/mol. The van der Waals surface area contributed by atoms with Gasteiger partial charge in [-0.1, -0.05) is 13.0 Å². The Kier molecular flexibility index (Phi) is 3.46. The van der Waals surface area contributed by atoms with Crippen LogP contribution in [0.3, 0.4) is 0 Å². The Morgan fingerprint density at radius 2 is 2.14 bits per heavy atom. The third-order valence-electron chi connectivity index (χ3n) is 5.26. The van der Waals surface area contributed by atoms with Gasteiger partial charge in [0, 0.05) is 12.8 Å². The van der Waals surface area contributed by atoms with Crippen LogP contribution >= 0.6 is 0 Å². The number of hydrogen-bond acceptors (Lipinski definition) is 5. The van der Waals surface area contributed by atoms with Crippen molar-refractivity contribution in [3.05, 3.63) is 23.3 Å². The summed E-state index contributed by atoms with van der Waals surface area (Å²) in [7, 11) is 0. The zero-order chi connectivity index (χ0) is 16.1. The molecule has 5 heteroatoms. The van der Waals surface area contributed by atoms with Crippen LogP contribution < -0.4 is 0 Å². The lowest BCUT2D eigenvalue weighted by molar-refractivity contribution is -0.144. The van der Waals surface area contributed by atoms with E-state index in [4.69, 9.17) is 9.47 Å². The predicted octanol–water partition coefficient (Wildman–Crippen LogP) is 1.96. The van der Waals surface area contributed by atoms with Gasteiger partial charge in [0.1, 0.15) is 12.7 Å². The zero-order valence-electron chi connectivity index (χ0n) is 13.0. The van der Waals surface area contributed by atoms with E-state index in [1.165, 1.54) is 6.92 Å². The first-order chi connectivity index (χ1) is 10.3. The van der Waals surface area contributed by atoms with Gasteiger partial charge in [-0.15, -0.1) is 0 Å². The van der Waals surface area contributed by atoms with Gasteiger partial charge in [0.2, 0.25) is 0 Å². The minimum absolute atomic E-state index is 0.0307. The number of ether oxygens (including phenoxy) is 2. The van der Waals surface area contributed by atoms with Gasteiger partial charge in [0.15, 0.2) is 5.78 Å². The standard InChI is InChI=1S/C17H20O5/c1-9-12-6-7-17(3)13(19)5-4-11(8-21-10(2)18)14(17)15(12)22-16(9)20/h4-5,9,12,15H,6-8H2,1-3H3/t9-,12-,15-,17-/m0/s1. The van der Waals surface area contributed by atoms with Gasteiger partial charge in [0.05, 0.1) is 11.3 Å². The molecule has 3 rings (SSSR count). The Morgan fingerprint density at radius 1 is 1.41 bits per heavy atom. The van der Waals surface area contributed by atoms with Crippen molar-refractivity contribution in [1.29, 1.82) is 0 Å². The average molecular weight is 304 g/mol. The molecule has 118 valence electrons. The Bertz CT molecular complexity index is 615. The molecule has 2 aliphatic carbocycles. The predicted molar refractivity (Wildman–Crippen MR) is 77.7 cm³/mol. The molecule has 1 saturated carbocycles.